The van der Waals surface area contributed by atoms with Crippen LogP contribution in [-0.2, 0) is 4.79 Å². The SMILES string of the molecule is CC.Cc1ccccc1C#CC(=O)Oc1cccc(N2CCC(F)(F)C2)n1. The zero-order chi connectivity index (χ0) is 19.9. The third-order valence-electron chi connectivity index (χ3n) is 3.84. The highest BCUT2D eigenvalue weighted by Crippen LogP contribution is 2.30. The van der Waals surface area contributed by atoms with Crippen molar-refractivity contribution in [2.24, 2.45) is 0 Å². The molecule has 0 atom stereocenters. The topological polar surface area (TPSA) is 42.4 Å². The van der Waals surface area contributed by atoms with E-state index >= 15 is 0 Å². The summed E-state index contributed by atoms with van der Waals surface area (Å²) in [5.41, 5.74) is 1.69. The summed E-state index contributed by atoms with van der Waals surface area (Å²) >= 11 is 0. The van der Waals surface area contributed by atoms with Crippen LogP contribution in [0, 0.1) is 18.8 Å². The Hall–Kier alpha value is -2.94. The van der Waals surface area contributed by atoms with Crippen LogP contribution in [0.25, 0.3) is 0 Å². The van der Waals surface area contributed by atoms with Gasteiger partial charge in [-0.2, -0.15) is 4.98 Å². The fourth-order valence-corrected chi connectivity index (χ4v) is 2.52. The molecule has 1 fully saturated rings. The van der Waals surface area contributed by atoms with Crippen LogP contribution < -0.4 is 9.64 Å². The van der Waals surface area contributed by atoms with Gasteiger partial charge in [0.15, 0.2) is 0 Å². The lowest BCUT2D eigenvalue weighted by Gasteiger charge is -2.17. The predicted octanol–water partition coefficient (Wildman–Crippen LogP) is 4.22. The number of carbonyl (C=O) groups excluding carboxylic acids is 1. The number of aryl methyl sites for hydroxylation is 1. The average Bonchev–Trinajstić information content (AvgIpc) is 3.03. The van der Waals surface area contributed by atoms with Gasteiger partial charge in [0.25, 0.3) is 5.92 Å². The smallest absolute Gasteiger partial charge is 0.391 e. The molecule has 142 valence electrons. The van der Waals surface area contributed by atoms with Crippen molar-refractivity contribution in [1.82, 2.24) is 4.98 Å². The van der Waals surface area contributed by atoms with E-state index in [1.54, 1.807) is 12.1 Å². The summed E-state index contributed by atoms with van der Waals surface area (Å²) in [5.74, 6) is 2.09. The van der Waals surface area contributed by atoms with Crippen LogP contribution in [0.1, 0.15) is 31.4 Å². The summed E-state index contributed by atoms with van der Waals surface area (Å²) in [5, 5.41) is 0. The minimum absolute atomic E-state index is 0.0387. The second-order valence-electron chi connectivity index (χ2n) is 5.82. The van der Waals surface area contributed by atoms with Crippen molar-refractivity contribution in [3.63, 3.8) is 0 Å². The van der Waals surface area contributed by atoms with Crippen LogP contribution in [0.5, 0.6) is 5.88 Å². The van der Waals surface area contributed by atoms with Crippen LogP contribution in [0.15, 0.2) is 42.5 Å². The lowest BCUT2D eigenvalue weighted by Crippen LogP contribution is -2.25. The van der Waals surface area contributed by atoms with Crippen molar-refractivity contribution in [2.45, 2.75) is 33.1 Å². The molecular formula is C21H22F2N2O2. The van der Waals surface area contributed by atoms with Gasteiger partial charge in [0.2, 0.25) is 5.88 Å². The van der Waals surface area contributed by atoms with Gasteiger partial charge in [0, 0.05) is 30.5 Å². The van der Waals surface area contributed by atoms with Gasteiger partial charge in [-0.15, -0.1) is 0 Å². The van der Waals surface area contributed by atoms with Crippen molar-refractivity contribution in [2.75, 3.05) is 18.0 Å². The molecule has 0 radical (unpaired) electrons. The fraction of sp³-hybridized carbons (Fsp3) is 0.333. The second kappa shape index (κ2) is 9.13. The summed E-state index contributed by atoms with van der Waals surface area (Å²) in [7, 11) is 0. The molecule has 2 heterocycles. The standard InChI is InChI=1S/C19H16F2N2O2.C2H6/c1-14-5-2-3-6-15(14)9-10-18(24)25-17-8-4-7-16(22-17)23-12-11-19(20,21)13-23;1-2/h2-8H,11-13H2,1H3;1-2H3. The molecule has 27 heavy (non-hydrogen) atoms. The molecule has 3 rings (SSSR count). The van der Waals surface area contributed by atoms with Crippen LogP contribution in [0.4, 0.5) is 14.6 Å². The van der Waals surface area contributed by atoms with E-state index in [0.717, 1.165) is 11.1 Å². The summed E-state index contributed by atoms with van der Waals surface area (Å²) < 4.78 is 31.7. The molecule has 0 bridgehead atoms. The predicted molar refractivity (Wildman–Crippen MR) is 101 cm³/mol. The molecule has 0 amide bonds. The second-order valence-corrected chi connectivity index (χ2v) is 5.82. The van der Waals surface area contributed by atoms with Crippen LogP contribution >= 0.6 is 0 Å². The zero-order valence-electron chi connectivity index (χ0n) is 15.6. The number of esters is 1. The highest BCUT2D eigenvalue weighted by molar-refractivity contribution is 5.90. The quantitative estimate of drug-likeness (QED) is 0.585. The van der Waals surface area contributed by atoms with E-state index in [9.17, 15) is 13.6 Å². The van der Waals surface area contributed by atoms with E-state index < -0.39 is 11.9 Å². The number of ether oxygens (including phenoxy) is 1. The molecule has 2 aromatic rings. The molecule has 1 aliphatic heterocycles. The van der Waals surface area contributed by atoms with Gasteiger partial charge in [-0.3, -0.25) is 0 Å². The molecule has 1 saturated heterocycles. The van der Waals surface area contributed by atoms with E-state index in [2.05, 4.69) is 16.8 Å². The zero-order valence-corrected chi connectivity index (χ0v) is 15.6. The molecule has 6 heteroatoms. The van der Waals surface area contributed by atoms with Crippen molar-refractivity contribution < 1.29 is 18.3 Å². The van der Waals surface area contributed by atoms with Crippen molar-refractivity contribution in [3.05, 3.63) is 53.6 Å². The number of halogens is 2. The minimum atomic E-state index is -2.71. The Morgan fingerprint density at radius 2 is 1.93 bits per heavy atom. The van der Waals surface area contributed by atoms with Gasteiger partial charge in [-0.05, 0) is 24.6 Å². The molecule has 1 aromatic heterocycles. The maximum absolute atomic E-state index is 13.3. The molecule has 0 aliphatic carbocycles. The Bertz CT molecular complexity index is 857. The number of pyridine rings is 1. The maximum Gasteiger partial charge on any atom is 0.391 e. The lowest BCUT2D eigenvalue weighted by molar-refractivity contribution is -0.128. The first-order chi connectivity index (χ1) is 12.9. The van der Waals surface area contributed by atoms with E-state index in [0.29, 0.717) is 5.82 Å². The number of rotatable bonds is 2. The number of hydrogen-bond donors (Lipinski definition) is 0. The Morgan fingerprint density at radius 1 is 1.19 bits per heavy atom. The number of carbonyl (C=O) groups is 1. The molecule has 0 saturated carbocycles. The summed E-state index contributed by atoms with van der Waals surface area (Å²) in [6, 6.07) is 12.1. The first-order valence-corrected chi connectivity index (χ1v) is 8.82. The van der Waals surface area contributed by atoms with Gasteiger partial charge in [0.1, 0.15) is 5.82 Å². The van der Waals surface area contributed by atoms with Gasteiger partial charge in [-0.25, -0.2) is 13.6 Å². The average molecular weight is 372 g/mol. The largest absolute Gasteiger partial charge is 0.398 e. The first-order valence-electron chi connectivity index (χ1n) is 8.82. The number of aromatic nitrogens is 1. The van der Waals surface area contributed by atoms with Crippen LogP contribution in [-0.4, -0.2) is 30.0 Å². The van der Waals surface area contributed by atoms with E-state index in [1.807, 2.05) is 45.0 Å². The Balaban J connectivity index is 0.00000126. The van der Waals surface area contributed by atoms with E-state index in [4.69, 9.17) is 4.74 Å². The van der Waals surface area contributed by atoms with Crippen molar-refractivity contribution in [3.8, 4) is 17.7 Å². The lowest BCUT2D eigenvalue weighted by atomic mass is 10.1. The van der Waals surface area contributed by atoms with Gasteiger partial charge in [-0.1, -0.05) is 44.0 Å². The molecule has 0 unspecified atom stereocenters. The highest BCUT2D eigenvalue weighted by Gasteiger charge is 2.38. The molecule has 0 N–H and O–H groups in total. The van der Waals surface area contributed by atoms with Crippen LogP contribution in [0.2, 0.25) is 0 Å². The number of hydrogen-bond acceptors (Lipinski definition) is 4. The Labute approximate surface area is 158 Å². The number of alkyl halides is 2. The fourth-order valence-electron chi connectivity index (χ4n) is 2.52. The summed E-state index contributed by atoms with van der Waals surface area (Å²) in [4.78, 5) is 17.4. The van der Waals surface area contributed by atoms with Crippen molar-refractivity contribution >= 4 is 11.8 Å². The van der Waals surface area contributed by atoms with E-state index in [-0.39, 0.29) is 25.4 Å². The number of benzene rings is 1. The third-order valence-corrected chi connectivity index (χ3v) is 3.84. The molecule has 4 nitrogen and oxygen atoms in total. The summed E-state index contributed by atoms with van der Waals surface area (Å²) in [6.45, 7) is 5.72. The molecule has 1 aromatic carbocycles. The monoisotopic (exact) mass is 372 g/mol. The molecular weight excluding hydrogens is 350 g/mol. The highest BCUT2D eigenvalue weighted by atomic mass is 19.3. The Kier molecular flexibility index (Phi) is 6.89. The van der Waals surface area contributed by atoms with Gasteiger partial charge in [0.05, 0.1) is 6.54 Å². The number of nitrogens with zero attached hydrogens (tertiary/aromatic N) is 2. The minimum Gasteiger partial charge on any atom is -0.398 e. The third kappa shape index (κ3) is 5.78. The van der Waals surface area contributed by atoms with Gasteiger partial charge >= 0.3 is 5.97 Å². The molecule has 0 spiro atoms. The normalized spacial score (nSPS) is 14.5. The summed E-state index contributed by atoms with van der Waals surface area (Å²) in [6.07, 6.45) is -0.208. The maximum atomic E-state index is 13.3. The van der Waals surface area contributed by atoms with Gasteiger partial charge < -0.3 is 9.64 Å². The number of anilines is 1. The van der Waals surface area contributed by atoms with Crippen molar-refractivity contribution in [1.29, 1.82) is 0 Å². The Morgan fingerprint density at radius 3 is 2.59 bits per heavy atom. The molecule has 1 aliphatic rings. The first kappa shape index (κ1) is 20.4. The van der Waals surface area contributed by atoms with E-state index in [1.165, 1.54) is 11.0 Å². The van der Waals surface area contributed by atoms with Crippen LogP contribution in [0.3, 0.4) is 0 Å².